The molecule has 0 spiro atoms. The third kappa shape index (κ3) is 3.61. The molecule has 5 nitrogen and oxygen atoms in total. The fourth-order valence-corrected chi connectivity index (χ4v) is 3.56. The van der Waals surface area contributed by atoms with Crippen molar-refractivity contribution in [2.24, 2.45) is 0 Å². The Kier molecular flexibility index (Phi) is 4.88. The number of rotatable bonds is 3. The normalized spacial score (nSPS) is 15.5. The van der Waals surface area contributed by atoms with Crippen molar-refractivity contribution in [3.8, 4) is 0 Å². The lowest BCUT2D eigenvalue weighted by molar-refractivity contribution is 0.170. The number of carbonyl (C=O) groups is 1. The lowest BCUT2D eigenvalue weighted by atomic mass is 10.0. The summed E-state index contributed by atoms with van der Waals surface area (Å²) >= 11 is 0. The van der Waals surface area contributed by atoms with Crippen LogP contribution in [0.15, 0.2) is 30.5 Å². The van der Waals surface area contributed by atoms with Crippen LogP contribution in [0.5, 0.6) is 0 Å². The Bertz CT molecular complexity index is 694. The molecule has 0 saturated carbocycles. The first-order valence-corrected chi connectivity index (χ1v) is 8.63. The Morgan fingerprint density at radius 1 is 1.17 bits per heavy atom. The van der Waals surface area contributed by atoms with E-state index in [-0.39, 0.29) is 6.03 Å². The number of amides is 2. The summed E-state index contributed by atoms with van der Waals surface area (Å²) in [6.45, 7) is 8.42. The van der Waals surface area contributed by atoms with Crippen molar-refractivity contribution in [3.05, 3.63) is 53.1 Å². The zero-order valence-corrected chi connectivity index (χ0v) is 14.7. The van der Waals surface area contributed by atoms with Crippen molar-refractivity contribution >= 4 is 6.03 Å². The molecule has 1 saturated heterocycles. The second-order valence-electron chi connectivity index (χ2n) is 6.69. The largest absolute Gasteiger partial charge is 0.346 e. The predicted octanol–water partition coefficient (Wildman–Crippen LogP) is 3.36. The van der Waals surface area contributed by atoms with E-state index in [0.717, 1.165) is 37.2 Å². The molecular weight excluding hydrogens is 300 g/mol. The van der Waals surface area contributed by atoms with Gasteiger partial charge in [-0.1, -0.05) is 0 Å². The van der Waals surface area contributed by atoms with E-state index in [0.29, 0.717) is 12.6 Å². The van der Waals surface area contributed by atoms with Gasteiger partial charge in [-0.25, -0.2) is 4.79 Å². The van der Waals surface area contributed by atoms with Gasteiger partial charge in [0.05, 0.1) is 12.2 Å². The van der Waals surface area contributed by atoms with E-state index in [2.05, 4.69) is 40.8 Å². The van der Waals surface area contributed by atoms with Gasteiger partial charge >= 0.3 is 6.03 Å². The minimum absolute atomic E-state index is 0.0118. The van der Waals surface area contributed by atoms with E-state index < -0.39 is 0 Å². The number of aromatic nitrogens is 2. The van der Waals surface area contributed by atoms with E-state index in [1.807, 2.05) is 24.0 Å². The highest BCUT2D eigenvalue weighted by atomic mass is 16.2. The number of pyridine rings is 1. The van der Waals surface area contributed by atoms with Crippen molar-refractivity contribution in [2.75, 3.05) is 13.1 Å². The van der Waals surface area contributed by atoms with Gasteiger partial charge in [0.25, 0.3) is 0 Å². The van der Waals surface area contributed by atoms with Crippen LogP contribution < -0.4 is 5.32 Å². The lowest BCUT2D eigenvalue weighted by Crippen LogP contribution is -2.44. The van der Waals surface area contributed by atoms with Gasteiger partial charge in [0.15, 0.2) is 0 Å². The van der Waals surface area contributed by atoms with E-state index in [4.69, 9.17) is 0 Å². The molecule has 2 aromatic heterocycles. The molecule has 5 heteroatoms. The molecule has 128 valence electrons. The summed E-state index contributed by atoms with van der Waals surface area (Å²) < 4.78 is 2.41. The molecule has 1 aliphatic heterocycles. The maximum atomic E-state index is 12.4. The summed E-state index contributed by atoms with van der Waals surface area (Å²) in [7, 11) is 0. The molecule has 2 aromatic rings. The first kappa shape index (κ1) is 16.6. The van der Waals surface area contributed by atoms with Crippen molar-refractivity contribution in [1.82, 2.24) is 19.8 Å². The van der Waals surface area contributed by atoms with Crippen LogP contribution in [-0.2, 0) is 6.54 Å². The van der Waals surface area contributed by atoms with Crippen LogP contribution >= 0.6 is 0 Å². The number of nitrogens with one attached hydrogen (secondary N) is 1. The molecule has 0 aromatic carbocycles. The third-order valence-corrected chi connectivity index (χ3v) is 4.84. The molecule has 0 radical (unpaired) electrons. The number of urea groups is 1. The molecule has 1 fully saturated rings. The number of aryl methyl sites for hydroxylation is 3. The summed E-state index contributed by atoms with van der Waals surface area (Å²) in [6, 6.07) is 8.82. The average molecular weight is 326 g/mol. The number of carbonyl (C=O) groups excluding carboxylic acids is 1. The average Bonchev–Trinajstić information content (AvgIpc) is 2.92. The molecule has 0 aliphatic carbocycles. The summed E-state index contributed by atoms with van der Waals surface area (Å²) in [5, 5.41) is 2.99. The Morgan fingerprint density at radius 2 is 1.83 bits per heavy atom. The SMILES string of the molecule is Cc1ccnc(CNC(=O)N2CCC(n3c(C)ccc3C)CC2)c1. The highest BCUT2D eigenvalue weighted by Gasteiger charge is 2.24. The minimum atomic E-state index is 0.0118. The van der Waals surface area contributed by atoms with Gasteiger partial charge in [0.1, 0.15) is 0 Å². The predicted molar refractivity (Wildman–Crippen MR) is 95.0 cm³/mol. The highest BCUT2D eigenvalue weighted by Crippen LogP contribution is 2.26. The van der Waals surface area contributed by atoms with Crippen molar-refractivity contribution in [2.45, 2.75) is 46.2 Å². The van der Waals surface area contributed by atoms with Crippen LogP contribution in [-0.4, -0.2) is 33.6 Å². The molecule has 0 atom stereocenters. The first-order valence-electron chi connectivity index (χ1n) is 8.63. The molecule has 3 heterocycles. The number of likely N-dealkylation sites (tertiary alicyclic amines) is 1. The molecule has 1 aliphatic rings. The van der Waals surface area contributed by atoms with Gasteiger partial charge in [-0.2, -0.15) is 0 Å². The minimum Gasteiger partial charge on any atom is -0.346 e. The Labute approximate surface area is 143 Å². The highest BCUT2D eigenvalue weighted by molar-refractivity contribution is 5.74. The van der Waals surface area contributed by atoms with Crippen LogP contribution in [0.3, 0.4) is 0 Å². The number of piperidine rings is 1. The summed E-state index contributed by atoms with van der Waals surface area (Å²) in [4.78, 5) is 18.6. The topological polar surface area (TPSA) is 50.2 Å². The Hall–Kier alpha value is -2.30. The fourth-order valence-electron chi connectivity index (χ4n) is 3.56. The molecule has 0 unspecified atom stereocenters. The van der Waals surface area contributed by atoms with Gasteiger partial charge in [0, 0.05) is 36.7 Å². The summed E-state index contributed by atoms with van der Waals surface area (Å²) in [6.07, 6.45) is 3.79. The van der Waals surface area contributed by atoms with Crippen molar-refractivity contribution in [3.63, 3.8) is 0 Å². The van der Waals surface area contributed by atoms with Crippen LogP contribution in [0.1, 0.15) is 41.5 Å². The molecule has 3 rings (SSSR count). The fraction of sp³-hybridized carbons (Fsp3) is 0.474. The number of hydrogen-bond acceptors (Lipinski definition) is 2. The first-order chi connectivity index (χ1) is 11.5. The van der Waals surface area contributed by atoms with Crippen molar-refractivity contribution < 1.29 is 4.79 Å². The van der Waals surface area contributed by atoms with Gasteiger partial charge in [-0.3, -0.25) is 4.98 Å². The van der Waals surface area contributed by atoms with E-state index in [9.17, 15) is 4.79 Å². The second-order valence-corrected chi connectivity index (χ2v) is 6.69. The zero-order chi connectivity index (χ0) is 17.1. The molecule has 24 heavy (non-hydrogen) atoms. The Morgan fingerprint density at radius 3 is 2.46 bits per heavy atom. The Balaban J connectivity index is 1.52. The number of nitrogens with zero attached hydrogens (tertiary/aromatic N) is 3. The standard InChI is InChI=1S/C19H26N4O/c1-14-6-9-20-17(12-14)13-21-19(24)22-10-7-18(8-11-22)23-15(2)4-5-16(23)3/h4-6,9,12,18H,7-8,10-11,13H2,1-3H3,(H,21,24). The van der Waals surface area contributed by atoms with E-state index in [1.54, 1.807) is 6.20 Å². The second kappa shape index (κ2) is 7.07. The monoisotopic (exact) mass is 326 g/mol. The maximum Gasteiger partial charge on any atom is 0.317 e. The van der Waals surface area contributed by atoms with Gasteiger partial charge in [-0.15, -0.1) is 0 Å². The number of hydrogen-bond donors (Lipinski definition) is 1. The molecule has 1 N–H and O–H groups in total. The van der Waals surface area contributed by atoms with Gasteiger partial charge in [0.2, 0.25) is 0 Å². The zero-order valence-electron chi connectivity index (χ0n) is 14.7. The third-order valence-electron chi connectivity index (χ3n) is 4.84. The van der Waals surface area contributed by atoms with E-state index in [1.165, 1.54) is 11.4 Å². The smallest absolute Gasteiger partial charge is 0.317 e. The lowest BCUT2D eigenvalue weighted by Gasteiger charge is -2.34. The molecular formula is C19H26N4O. The molecule has 0 bridgehead atoms. The van der Waals surface area contributed by atoms with Crippen LogP contribution in [0.4, 0.5) is 4.79 Å². The maximum absolute atomic E-state index is 12.4. The quantitative estimate of drug-likeness (QED) is 0.940. The molecule has 2 amide bonds. The summed E-state index contributed by atoms with van der Waals surface area (Å²) in [5.74, 6) is 0. The summed E-state index contributed by atoms with van der Waals surface area (Å²) in [5.41, 5.74) is 4.67. The van der Waals surface area contributed by atoms with Crippen LogP contribution in [0.25, 0.3) is 0 Å². The van der Waals surface area contributed by atoms with Crippen LogP contribution in [0.2, 0.25) is 0 Å². The van der Waals surface area contributed by atoms with Gasteiger partial charge in [-0.05, 0) is 63.4 Å². The van der Waals surface area contributed by atoms with Crippen molar-refractivity contribution in [1.29, 1.82) is 0 Å². The van der Waals surface area contributed by atoms with Gasteiger partial charge < -0.3 is 14.8 Å². The van der Waals surface area contributed by atoms with Crippen LogP contribution in [0, 0.1) is 20.8 Å². The van der Waals surface area contributed by atoms with E-state index >= 15 is 0 Å².